The molecule has 5 nitrogen and oxygen atoms in total. The van der Waals surface area contributed by atoms with E-state index in [4.69, 9.17) is 0 Å². The van der Waals surface area contributed by atoms with Crippen LogP contribution in [0, 0.1) is 18.3 Å². The number of H-pyrrole nitrogens is 1. The van der Waals surface area contributed by atoms with Gasteiger partial charge in [0.2, 0.25) is 0 Å². The predicted octanol–water partition coefficient (Wildman–Crippen LogP) is 5.09. The number of aryl methyl sites for hydroxylation is 1. The lowest BCUT2D eigenvalue weighted by Gasteiger charge is -2.10. The summed E-state index contributed by atoms with van der Waals surface area (Å²) in [4.78, 5) is 13.6. The fourth-order valence-corrected chi connectivity index (χ4v) is 3.44. The van der Waals surface area contributed by atoms with Crippen LogP contribution in [0.1, 0.15) is 18.2 Å². The largest absolute Gasteiger partial charge is 0.370 e. The van der Waals surface area contributed by atoms with Crippen molar-refractivity contribution >= 4 is 17.5 Å². The second kappa shape index (κ2) is 11.5. The Balaban J connectivity index is 2.20. The van der Waals surface area contributed by atoms with Gasteiger partial charge in [-0.05, 0) is 31.6 Å². The highest BCUT2D eigenvalue weighted by Crippen LogP contribution is 2.31. The Labute approximate surface area is 176 Å². The van der Waals surface area contributed by atoms with Crippen LogP contribution in [0.3, 0.4) is 0 Å². The van der Waals surface area contributed by atoms with E-state index in [1.807, 2.05) is 25.1 Å². The summed E-state index contributed by atoms with van der Waals surface area (Å²) in [5, 5.41) is 13.0. The van der Waals surface area contributed by atoms with Gasteiger partial charge in [0.05, 0.1) is 17.6 Å². The molecule has 148 valence electrons. The molecular weight excluding hydrogens is 378 g/mol. The summed E-state index contributed by atoms with van der Waals surface area (Å²) in [7, 11) is 0. The van der Waals surface area contributed by atoms with E-state index in [0.717, 1.165) is 21.9 Å². The number of hydrogen-bond acceptors (Lipinski definition) is 5. The van der Waals surface area contributed by atoms with Gasteiger partial charge in [-0.15, -0.1) is 0 Å². The first kappa shape index (κ1) is 22.0. The quantitative estimate of drug-likeness (QED) is 0.251. The van der Waals surface area contributed by atoms with Crippen LogP contribution >= 0.6 is 11.8 Å². The zero-order chi connectivity index (χ0) is 21.1. The number of allylic oxidation sites excluding steroid dienone is 5. The summed E-state index contributed by atoms with van der Waals surface area (Å²) in [6.45, 7) is 12.3. The Kier molecular flexibility index (Phi) is 8.74. The zero-order valence-electron chi connectivity index (χ0n) is 16.8. The summed E-state index contributed by atoms with van der Waals surface area (Å²) in [5.74, 6) is 0.495. The molecule has 0 aliphatic carbocycles. The topological polar surface area (TPSA) is 76.9 Å². The molecule has 0 saturated heterocycles. The van der Waals surface area contributed by atoms with E-state index in [9.17, 15) is 5.26 Å². The molecule has 0 amide bonds. The maximum absolute atomic E-state index is 9.80. The monoisotopic (exact) mass is 403 g/mol. The van der Waals surface area contributed by atoms with Crippen LogP contribution in [0.2, 0.25) is 0 Å². The van der Waals surface area contributed by atoms with Crippen molar-refractivity contribution in [2.75, 3.05) is 6.54 Å². The highest BCUT2D eigenvalue weighted by Gasteiger charge is 2.11. The standard InChI is InChI=1S/C23H25N5S/c1-5-6-10-22(28-19(4)26-13-12-20-15-25-16-27-20)21(14-24)18(3)29-23-11-8-7-9-17(23)2/h5-11,15-16,26H,1,4,12-13H2,2-3H3,(H,25,27)/b10-6+,21-18+,28-22?. The maximum atomic E-state index is 9.80. The molecule has 0 spiro atoms. The molecule has 2 aromatic rings. The van der Waals surface area contributed by atoms with Gasteiger partial charge in [-0.1, -0.05) is 55.3 Å². The van der Waals surface area contributed by atoms with E-state index >= 15 is 0 Å². The smallest absolute Gasteiger partial charge is 0.119 e. The fourth-order valence-electron chi connectivity index (χ4n) is 2.49. The molecule has 0 atom stereocenters. The Morgan fingerprint density at radius 3 is 2.86 bits per heavy atom. The van der Waals surface area contributed by atoms with Gasteiger partial charge in [0.25, 0.3) is 0 Å². The van der Waals surface area contributed by atoms with Gasteiger partial charge in [-0.3, -0.25) is 0 Å². The van der Waals surface area contributed by atoms with Crippen LogP contribution in [-0.2, 0) is 6.42 Å². The highest BCUT2D eigenvalue weighted by atomic mass is 32.2. The molecule has 1 heterocycles. The first-order valence-electron chi connectivity index (χ1n) is 9.17. The molecule has 0 saturated carbocycles. The van der Waals surface area contributed by atoms with E-state index in [-0.39, 0.29) is 0 Å². The van der Waals surface area contributed by atoms with Crippen LogP contribution < -0.4 is 5.32 Å². The van der Waals surface area contributed by atoms with Crippen molar-refractivity contribution < 1.29 is 0 Å². The molecule has 1 aromatic heterocycles. The second-order valence-electron chi connectivity index (χ2n) is 6.20. The lowest BCUT2D eigenvalue weighted by Crippen LogP contribution is -2.16. The summed E-state index contributed by atoms with van der Waals surface area (Å²) >= 11 is 1.56. The number of aromatic amines is 1. The average Bonchev–Trinajstić information content (AvgIpc) is 3.21. The van der Waals surface area contributed by atoms with E-state index < -0.39 is 0 Å². The third-order valence-electron chi connectivity index (χ3n) is 4.00. The number of benzene rings is 1. The van der Waals surface area contributed by atoms with E-state index in [1.165, 1.54) is 5.56 Å². The molecule has 2 N–H and O–H groups in total. The predicted molar refractivity (Wildman–Crippen MR) is 122 cm³/mol. The normalized spacial score (nSPS) is 12.4. The molecule has 0 aliphatic rings. The van der Waals surface area contributed by atoms with Crippen molar-refractivity contribution in [3.63, 3.8) is 0 Å². The first-order chi connectivity index (χ1) is 14.0. The van der Waals surface area contributed by atoms with Gasteiger partial charge in [0.15, 0.2) is 0 Å². The molecule has 29 heavy (non-hydrogen) atoms. The minimum Gasteiger partial charge on any atom is -0.370 e. The Morgan fingerprint density at radius 2 is 2.21 bits per heavy atom. The van der Waals surface area contributed by atoms with Crippen LogP contribution in [-0.4, -0.2) is 22.2 Å². The van der Waals surface area contributed by atoms with E-state index in [0.29, 0.717) is 23.7 Å². The Morgan fingerprint density at radius 1 is 1.41 bits per heavy atom. The molecule has 0 bridgehead atoms. The van der Waals surface area contributed by atoms with E-state index in [1.54, 1.807) is 42.5 Å². The first-order valence-corrected chi connectivity index (χ1v) is 9.99. The number of imidazole rings is 1. The molecule has 6 heteroatoms. The number of thioether (sulfide) groups is 1. The highest BCUT2D eigenvalue weighted by molar-refractivity contribution is 8.03. The van der Waals surface area contributed by atoms with Crippen molar-refractivity contribution in [2.24, 2.45) is 4.99 Å². The van der Waals surface area contributed by atoms with Crippen molar-refractivity contribution in [1.29, 1.82) is 5.26 Å². The Hall–Kier alpha value is -3.30. The number of nitrogens with zero attached hydrogens (tertiary/aromatic N) is 3. The fraction of sp³-hybridized carbons (Fsp3) is 0.174. The molecule has 0 aliphatic heterocycles. The van der Waals surface area contributed by atoms with Crippen LogP contribution in [0.5, 0.6) is 0 Å². The SMILES string of the molecule is C=C/C=C/C(=NC(=C)NCCc1cnc[nH]1)/C(C#N)=C(\C)Sc1ccccc1C. The number of nitriles is 1. The van der Waals surface area contributed by atoms with Gasteiger partial charge in [-0.25, -0.2) is 9.98 Å². The van der Waals surface area contributed by atoms with Crippen molar-refractivity contribution in [1.82, 2.24) is 15.3 Å². The number of aliphatic imine (C=N–C) groups is 1. The molecule has 0 unspecified atom stereocenters. The number of aromatic nitrogens is 2. The van der Waals surface area contributed by atoms with Gasteiger partial charge in [0.1, 0.15) is 11.9 Å². The molecular formula is C23H25N5S. The minimum absolute atomic E-state index is 0.495. The van der Waals surface area contributed by atoms with Crippen LogP contribution in [0.15, 0.2) is 94.4 Å². The lowest BCUT2D eigenvalue weighted by molar-refractivity contribution is 0.772. The summed E-state index contributed by atoms with van der Waals surface area (Å²) in [5.41, 5.74) is 3.25. The lowest BCUT2D eigenvalue weighted by atomic mass is 10.1. The Bertz CT molecular complexity index is 975. The van der Waals surface area contributed by atoms with Gasteiger partial charge < -0.3 is 10.3 Å². The van der Waals surface area contributed by atoms with Gasteiger partial charge >= 0.3 is 0 Å². The number of nitrogens with one attached hydrogen (secondary N) is 2. The van der Waals surface area contributed by atoms with Crippen LogP contribution in [0.4, 0.5) is 0 Å². The number of rotatable bonds is 10. The third kappa shape index (κ3) is 6.98. The maximum Gasteiger partial charge on any atom is 0.119 e. The van der Waals surface area contributed by atoms with Crippen molar-refractivity contribution in [2.45, 2.75) is 25.2 Å². The molecule has 0 radical (unpaired) electrons. The van der Waals surface area contributed by atoms with Gasteiger partial charge in [0, 0.05) is 34.7 Å². The van der Waals surface area contributed by atoms with Crippen molar-refractivity contribution in [3.8, 4) is 6.07 Å². The summed E-state index contributed by atoms with van der Waals surface area (Å²) < 4.78 is 0. The minimum atomic E-state index is 0.495. The third-order valence-corrected chi connectivity index (χ3v) is 5.19. The van der Waals surface area contributed by atoms with Gasteiger partial charge in [-0.2, -0.15) is 5.26 Å². The average molecular weight is 404 g/mol. The number of hydrogen-bond donors (Lipinski definition) is 2. The molecule has 1 aromatic carbocycles. The second-order valence-corrected chi connectivity index (χ2v) is 7.46. The van der Waals surface area contributed by atoms with Crippen molar-refractivity contribution in [3.05, 3.63) is 95.7 Å². The van der Waals surface area contributed by atoms with Crippen LogP contribution in [0.25, 0.3) is 0 Å². The van der Waals surface area contributed by atoms with E-state index in [2.05, 4.69) is 52.5 Å². The summed E-state index contributed by atoms with van der Waals surface area (Å²) in [6.07, 6.45) is 9.40. The summed E-state index contributed by atoms with van der Waals surface area (Å²) in [6, 6.07) is 10.4. The molecule has 0 fully saturated rings. The molecule has 2 rings (SSSR count). The zero-order valence-corrected chi connectivity index (χ0v) is 17.6.